The summed E-state index contributed by atoms with van der Waals surface area (Å²) < 4.78 is 40.0. The molecule has 2 bridgehead atoms. The maximum absolute atomic E-state index is 12.9. The highest BCUT2D eigenvalue weighted by molar-refractivity contribution is 7.86. The van der Waals surface area contributed by atoms with Gasteiger partial charge in [-0.1, -0.05) is 0 Å². The fraction of sp³-hybridized carbons (Fsp3) is 1.00. The van der Waals surface area contributed by atoms with E-state index in [9.17, 15) is 12.3 Å². The van der Waals surface area contributed by atoms with E-state index in [4.69, 9.17) is 4.74 Å². The van der Waals surface area contributed by atoms with Gasteiger partial charge in [-0.2, -0.15) is 8.42 Å². The Hall–Kier alpha value is -0.200. The number of piperidine rings is 1. The van der Waals surface area contributed by atoms with Crippen molar-refractivity contribution in [1.82, 2.24) is 5.32 Å². The van der Waals surface area contributed by atoms with E-state index < -0.39 is 22.1 Å². The van der Waals surface area contributed by atoms with Gasteiger partial charge >= 0.3 is 10.2 Å². The first-order chi connectivity index (χ1) is 7.97. The SMILES string of the molecule is O=S(=O)(F)CC1OCCC12CC1CCC(C2)N1. The number of ether oxygens (including phenoxy) is 1. The summed E-state index contributed by atoms with van der Waals surface area (Å²) >= 11 is 0. The zero-order chi connectivity index (χ0) is 12.1. The average molecular weight is 263 g/mol. The van der Waals surface area contributed by atoms with E-state index in [2.05, 4.69) is 5.32 Å². The second kappa shape index (κ2) is 3.90. The molecule has 3 heterocycles. The van der Waals surface area contributed by atoms with Crippen molar-refractivity contribution in [2.75, 3.05) is 12.4 Å². The minimum atomic E-state index is -4.44. The maximum atomic E-state index is 12.9. The molecule has 0 saturated carbocycles. The molecule has 3 atom stereocenters. The molecule has 0 aromatic rings. The van der Waals surface area contributed by atoms with Crippen LogP contribution in [0.1, 0.15) is 32.1 Å². The van der Waals surface area contributed by atoms with E-state index in [-0.39, 0.29) is 5.41 Å². The molecule has 1 spiro atoms. The second-order valence-electron chi connectivity index (χ2n) is 5.72. The number of hydrogen-bond donors (Lipinski definition) is 1. The number of nitrogens with one attached hydrogen (secondary N) is 1. The quantitative estimate of drug-likeness (QED) is 0.754. The van der Waals surface area contributed by atoms with Crippen LogP contribution in [0.25, 0.3) is 0 Å². The van der Waals surface area contributed by atoms with E-state index in [0.29, 0.717) is 18.7 Å². The Bertz CT molecular complexity index is 399. The van der Waals surface area contributed by atoms with Gasteiger partial charge in [-0.25, -0.2) is 0 Å². The van der Waals surface area contributed by atoms with Gasteiger partial charge in [0.15, 0.2) is 0 Å². The van der Waals surface area contributed by atoms with Crippen LogP contribution in [0.2, 0.25) is 0 Å². The van der Waals surface area contributed by atoms with E-state index in [1.54, 1.807) is 0 Å². The van der Waals surface area contributed by atoms with E-state index in [1.165, 1.54) is 0 Å². The zero-order valence-corrected chi connectivity index (χ0v) is 10.5. The van der Waals surface area contributed by atoms with Crippen molar-refractivity contribution >= 4 is 10.2 Å². The third-order valence-corrected chi connectivity index (χ3v) is 5.29. The molecule has 4 nitrogen and oxygen atoms in total. The van der Waals surface area contributed by atoms with Crippen LogP contribution in [0.4, 0.5) is 3.89 Å². The van der Waals surface area contributed by atoms with E-state index in [1.807, 2.05) is 0 Å². The molecule has 0 radical (unpaired) electrons. The van der Waals surface area contributed by atoms with E-state index >= 15 is 0 Å². The fourth-order valence-corrected chi connectivity index (χ4v) is 4.72. The normalized spacial score (nSPS) is 45.6. The smallest absolute Gasteiger partial charge is 0.304 e. The molecule has 98 valence electrons. The van der Waals surface area contributed by atoms with Crippen LogP contribution in [0.3, 0.4) is 0 Å². The maximum Gasteiger partial charge on any atom is 0.304 e. The summed E-state index contributed by atoms with van der Waals surface area (Å²) in [6.07, 6.45) is 4.61. The topological polar surface area (TPSA) is 55.4 Å². The van der Waals surface area contributed by atoms with Gasteiger partial charge in [-0.3, -0.25) is 0 Å². The Labute approximate surface area is 101 Å². The summed E-state index contributed by atoms with van der Waals surface area (Å²) in [6.45, 7) is 0.569. The van der Waals surface area contributed by atoms with Gasteiger partial charge in [0, 0.05) is 24.1 Å². The molecule has 0 amide bonds. The van der Waals surface area contributed by atoms with Crippen molar-refractivity contribution in [3.8, 4) is 0 Å². The van der Waals surface area contributed by atoms with Crippen LogP contribution in [-0.4, -0.2) is 39.0 Å². The molecule has 3 fully saturated rings. The zero-order valence-electron chi connectivity index (χ0n) is 9.69. The molecule has 3 aliphatic heterocycles. The Morgan fingerprint density at radius 3 is 2.53 bits per heavy atom. The average Bonchev–Trinajstić information content (AvgIpc) is 2.71. The fourth-order valence-electron chi connectivity index (χ4n) is 3.90. The van der Waals surface area contributed by atoms with Crippen molar-refractivity contribution in [3.05, 3.63) is 0 Å². The Morgan fingerprint density at radius 2 is 1.94 bits per heavy atom. The lowest BCUT2D eigenvalue weighted by atomic mass is 9.71. The number of hydrogen-bond acceptors (Lipinski definition) is 4. The minimum absolute atomic E-state index is 0.101. The number of rotatable bonds is 2. The summed E-state index contributed by atoms with van der Waals surface area (Å²) in [5.41, 5.74) is -0.101. The molecule has 0 aromatic carbocycles. The Balaban J connectivity index is 1.81. The van der Waals surface area contributed by atoms with Crippen molar-refractivity contribution in [1.29, 1.82) is 0 Å². The van der Waals surface area contributed by atoms with Crippen LogP contribution >= 0.6 is 0 Å². The van der Waals surface area contributed by atoms with Crippen molar-refractivity contribution in [2.45, 2.75) is 50.3 Å². The predicted octanol–water partition coefficient (Wildman–Crippen LogP) is 0.975. The Kier molecular flexibility index (Phi) is 2.72. The molecule has 17 heavy (non-hydrogen) atoms. The van der Waals surface area contributed by atoms with Gasteiger partial charge in [-0.15, -0.1) is 3.89 Å². The van der Waals surface area contributed by atoms with Crippen LogP contribution in [0.15, 0.2) is 0 Å². The van der Waals surface area contributed by atoms with Gasteiger partial charge in [0.25, 0.3) is 0 Å². The van der Waals surface area contributed by atoms with Crippen molar-refractivity contribution in [2.24, 2.45) is 5.41 Å². The van der Waals surface area contributed by atoms with E-state index in [0.717, 1.165) is 32.1 Å². The molecule has 6 heteroatoms. The molecule has 0 aromatic heterocycles. The van der Waals surface area contributed by atoms with Gasteiger partial charge in [-0.05, 0) is 32.1 Å². The first kappa shape index (κ1) is 11.9. The molecular formula is C11H18FNO3S. The van der Waals surface area contributed by atoms with Crippen LogP contribution in [0.5, 0.6) is 0 Å². The van der Waals surface area contributed by atoms with Crippen molar-refractivity contribution < 1.29 is 17.0 Å². The lowest BCUT2D eigenvalue weighted by Crippen LogP contribution is -2.49. The van der Waals surface area contributed by atoms with Gasteiger partial charge in [0.05, 0.1) is 6.10 Å². The first-order valence-electron chi connectivity index (χ1n) is 6.27. The first-order valence-corrected chi connectivity index (χ1v) is 7.82. The summed E-state index contributed by atoms with van der Waals surface area (Å²) in [4.78, 5) is 0. The van der Waals surface area contributed by atoms with Gasteiger partial charge < -0.3 is 10.1 Å². The molecule has 3 unspecified atom stereocenters. The molecular weight excluding hydrogens is 245 g/mol. The number of halogens is 1. The van der Waals surface area contributed by atoms with Crippen molar-refractivity contribution in [3.63, 3.8) is 0 Å². The summed E-state index contributed by atoms with van der Waals surface area (Å²) in [5, 5.41) is 3.53. The highest BCUT2D eigenvalue weighted by atomic mass is 32.3. The minimum Gasteiger partial charge on any atom is -0.376 e. The predicted molar refractivity (Wildman–Crippen MR) is 60.9 cm³/mol. The highest BCUT2D eigenvalue weighted by Crippen LogP contribution is 2.49. The Morgan fingerprint density at radius 1 is 1.29 bits per heavy atom. The van der Waals surface area contributed by atoms with Gasteiger partial charge in [0.1, 0.15) is 5.75 Å². The third kappa shape index (κ3) is 2.22. The van der Waals surface area contributed by atoms with Crippen LogP contribution in [0, 0.1) is 5.41 Å². The molecule has 1 N–H and O–H groups in total. The lowest BCUT2D eigenvalue weighted by molar-refractivity contribution is 0.0359. The summed E-state index contributed by atoms with van der Waals surface area (Å²) in [5.74, 6) is -0.466. The van der Waals surface area contributed by atoms with Crippen LogP contribution in [-0.2, 0) is 15.0 Å². The second-order valence-corrected chi connectivity index (χ2v) is 7.13. The molecule has 3 aliphatic rings. The standard InChI is InChI=1S/C11H18FNO3S/c12-17(14,15)7-10-11(3-4-16-10)5-8-1-2-9(6-11)13-8/h8-10,13H,1-7H2. The lowest BCUT2D eigenvalue weighted by Gasteiger charge is -2.41. The molecule has 0 aliphatic carbocycles. The highest BCUT2D eigenvalue weighted by Gasteiger charge is 2.52. The molecule has 3 saturated heterocycles. The third-order valence-electron chi connectivity index (χ3n) is 4.59. The number of fused-ring (bicyclic) bond motifs is 2. The summed E-state index contributed by atoms with van der Waals surface area (Å²) in [6, 6.07) is 0.945. The summed E-state index contributed by atoms with van der Waals surface area (Å²) in [7, 11) is -4.44. The molecule has 3 rings (SSSR count). The van der Waals surface area contributed by atoms with Crippen LogP contribution < -0.4 is 5.32 Å². The van der Waals surface area contributed by atoms with Gasteiger partial charge in [0.2, 0.25) is 0 Å². The largest absolute Gasteiger partial charge is 0.376 e. The monoisotopic (exact) mass is 263 g/mol.